The summed E-state index contributed by atoms with van der Waals surface area (Å²) in [6.07, 6.45) is 1.88. The van der Waals surface area contributed by atoms with E-state index in [0.29, 0.717) is 18.7 Å². The molecule has 5 nitrogen and oxygen atoms in total. The number of ether oxygens (including phenoxy) is 1. The summed E-state index contributed by atoms with van der Waals surface area (Å²) in [7, 11) is 0. The number of aliphatic hydroxyl groups is 1. The predicted molar refractivity (Wildman–Crippen MR) is 121 cm³/mol. The van der Waals surface area contributed by atoms with Crippen molar-refractivity contribution in [3.8, 4) is 5.75 Å². The van der Waals surface area contributed by atoms with Crippen LogP contribution in [0.25, 0.3) is 11.0 Å². The third-order valence-electron chi connectivity index (χ3n) is 5.92. The lowest BCUT2D eigenvalue weighted by molar-refractivity contribution is 0.0921. The Morgan fingerprint density at radius 1 is 0.871 bits per heavy atom. The summed E-state index contributed by atoms with van der Waals surface area (Å²) in [4.78, 5) is 0. The van der Waals surface area contributed by atoms with Crippen LogP contribution in [0.1, 0.15) is 29.9 Å². The SMILES string of the molecule is N=c1n(Cc2ccc(C3CC3)cc2)c2ccccc2n1CC(O)COc1ccccc1. The van der Waals surface area contributed by atoms with Crippen LogP contribution in [0.15, 0.2) is 78.9 Å². The Balaban J connectivity index is 1.37. The summed E-state index contributed by atoms with van der Waals surface area (Å²) in [5.74, 6) is 1.48. The summed E-state index contributed by atoms with van der Waals surface area (Å²) in [6.45, 7) is 1.12. The topological polar surface area (TPSA) is 63.2 Å². The molecular formula is C26H27N3O2. The molecule has 1 aromatic heterocycles. The zero-order chi connectivity index (χ0) is 21.2. The Hall–Kier alpha value is -3.31. The Kier molecular flexibility index (Phi) is 5.35. The highest BCUT2D eigenvalue weighted by atomic mass is 16.5. The number of hydrogen-bond acceptors (Lipinski definition) is 3. The minimum absolute atomic E-state index is 0.179. The average Bonchev–Trinajstić information content (AvgIpc) is 3.63. The van der Waals surface area contributed by atoms with Crippen molar-refractivity contribution in [1.82, 2.24) is 9.13 Å². The highest BCUT2D eigenvalue weighted by molar-refractivity contribution is 5.76. The number of imidazole rings is 1. The van der Waals surface area contributed by atoms with Crippen LogP contribution in [0.5, 0.6) is 5.75 Å². The number of nitrogens with zero attached hydrogens (tertiary/aromatic N) is 2. The van der Waals surface area contributed by atoms with E-state index < -0.39 is 6.10 Å². The standard InChI is InChI=1S/C26H27N3O2/c27-26-28(16-19-10-12-20(13-11-19)21-14-15-21)24-8-4-5-9-25(24)29(26)17-22(30)18-31-23-6-2-1-3-7-23/h1-13,21-22,27,30H,14-18H2. The fourth-order valence-corrected chi connectivity index (χ4v) is 4.11. The summed E-state index contributed by atoms with van der Waals surface area (Å²) in [5.41, 5.74) is 4.92. The number of hydrogen-bond donors (Lipinski definition) is 2. The van der Waals surface area contributed by atoms with E-state index in [9.17, 15) is 5.11 Å². The zero-order valence-corrected chi connectivity index (χ0v) is 17.4. The molecule has 1 aliphatic rings. The molecule has 0 saturated heterocycles. The Bertz CT molecular complexity index is 1220. The van der Waals surface area contributed by atoms with Crippen molar-refractivity contribution in [1.29, 1.82) is 5.41 Å². The van der Waals surface area contributed by atoms with Crippen molar-refractivity contribution < 1.29 is 9.84 Å². The molecule has 1 unspecified atom stereocenters. The number of para-hydroxylation sites is 3. The second-order valence-electron chi connectivity index (χ2n) is 8.30. The van der Waals surface area contributed by atoms with E-state index in [2.05, 4.69) is 24.3 Å². The van der Waals surface area contributed by atoms with Crippen molar-refractivity contribution in [3.63, 3.8) is 0 Å². The van der Waals surface area contributed by atoms with Gasteiger partial charge in [-0.05, 0) is 54.2 Å². The summed E-state index contributed by atoms with van der Waals surface area (Å²) in [6, 6.07) is 26.3. The minimum atomic E-state index is -0.716. The number of benzene rings is 3. The maximum absolute atomic E-state index is 10.6. The maximum Gasteiger partial charge on any atom is 0.203 e. The zero-order valence-electron chi connectivity index (χ0n) is 17.4. The number of nitrogens with one attached hydrogen (secondary N) is 1. The first-order valence-electron chi connectivity index (χ1n) is 10.9. The van der Waals surface area contributed by atoms with Gasteiger partial charge in [-0.25, -0.2) is 0 Å². The second-order valence-corrected chi connectivity index (χ2v) is 8.30. The molecule has 1 atom stereocenters. The number of fused-ring (bicyclic) bond motifs is 1. The van der Waals surface area contributed by atoms with E-state index in [1.54, 1.807) is 0 Å². The number of aromatic nitrogens is 2. The van der Waals surface area contributed by atoms with Gasteiger partial charge in [-0.15, -0.1) is 0 Å². The molecule has 1 heterocycles. The first-order valence-corrected chi connectivity index (χ1v) is 10.9. The van der Waals surface area contributed by atoms with Crippen LogP contribution in [-0.2, 0) is 13.1 Å². The molecule has 0 amide bonds. The van der Waals surface area contributed by atoms with Gasteiger partial charge in [0.15, 0.2) is 0 Å². The fraction of sp³-hybridized carbons (Fsp3) is 0.269. The quantitative estimate of drug-likeness (QED) is 0.453. The number of rotatable bonds is 8. The van der Waals surface area contributed by atoms with Gasteiger partial charge < -0.3 is 19.0 Å². The third kappa shape index (κ3) is 4.28. The van der Waals surface area contributed by atoms with Crippen LogP contribution in [0.4, 0.5) is 0 Å². The smallest absolute Gasteiger partial charge is 0.203 e. The summed E-state index contributed by atoms with van der Waals surface area (Å²) in [5, 5.41) is 19.4. The first kappa shape index (κ1) is 19.6. The van der Waals surface area contributed by atoms with Crippen molar-refractivity contribution in [2.75, 3.05) is 6.61 Å². The van der Waals surface area contributed by atoms with E-state index in [1.165, 1.54) is 24.0 Å². The molecule has 1 fully saturated rings. The van der Waals surface area contributed by atoms with Gasteiger partial charge in [0.25, 0.3) is 0 Å². The average molecular weight is 414 g/mol. The Labute approximate surface area is 181 Å². The fourth-order valence-electron chi connectivity index (χ4n) is 4.11. The molecule has 5 rings (SSSR count). The van der Waals surface area contributed by atoms with Gasteiger partial charge in [0.2, 0.25) is 5.62 Å². The Morgan fingerprint density at radius 2 is 1.52 bits per heavy atom. The molecule has 1 aliphatic carbocycles. The molecule has 0 aliphatic heterocycles. The molecular weight excluding hydrogens is 386 g/mol. The maximum atomic E-state index is 10.6. The Morgan fingerprint density at radius 3 is 2.19 bits per heavy atom. The van der Waals surface area contributed by atoms with Gasteiger partial charge in [-0.1, -0.05) is 54.6 Å². The highest BCUT2D eigenvalue weighted by Gasteiger charge is 2.23. The lowest BCUT2D eigenvalue weighted by atomic mass is 10.1. The van der Waals surface area contributed by atoms with Crippen molar-refractivity contribution >= 4 is 11.0 Å². The minimum Gasteiger partial charge on any atom is -0.491 e. The monoisotopic (exact) mass is 413 g/mol. The van der Waals surface area contributed by atoms with Crippen molar-refractivity contribution in [2.24, 2.45) is 0 Å². The van der Waals surface area contributed by atoms with Crippen LogP contribution in [0, 0.1) is 5.41 Å². The van der Waals surface area contributed by atoms with Gasteiger partial charge in [0, 0.05) is 0 Å². The molecule has 158 valence electrons. The predicted octanol–water partition coefficient (Wildman–Crippen LogP) is 4.29. The lowest BCUT2D eigenvalue weighted by Gasteiger charge is -2.13. The second kappa shape index (κ2) is 8.44. The van der Waals surface area contributed by atoms with Crippen LogP contribution >= 0.6 is 0 Å². The lowest BCUT2D eigenvalue weighted by Crippen LogP contribution is -2.31. The van der Waals surface area contributed by atoms with E-state index >= 15 is 0 Å². The summed E-state index contributed by atoms with van der Waals surface area (Å²) < 4.78 is 9.57. The molecule has 0 radical (unpaired) electrons. The van der Waals surface area contributed by atoms with Gasteiger partial charge in [0.1, 0.15) is 18.5 Å². The van der Waals surface area contributed by atoms with E-state index in [0.717, 1.165) is 22.7 Å². The van der Waals surface area contributed by atoms with E-state index in [1.807, 2.05) is 63.7 Å². The van der Waals surface area contributed by atoms with E-state index in [-0.39, 0.29) is 6.61 Å². The largest absolute Gasteiger partial charge is 0.491 e. The van der Waals surface area contributed by atoms with Crippen molar-refractivity contribution in [2.45, 2.75) is 38.0 Å². The molecule has 3 aromatic carbocycles. The van der Waals surface area contributed by atoms with Gasteiger partial charge in [-0.2, -0.15) is 0 Å². The van der Waals surface area contributed by atoms with Crippen LogP contribution < -0.4 is 10.4 Å². The first-order chi connectivity index (χ1) is 15.2. The molecule has 1 saturated carbocycles. The third-order valence-corrected chi connectivity index (χ3v) is 5.92. The molecule has 2 N–H and O–H groups in total. The highest BCUT2D eigenvalue weighted by Crippen LogP contribution is 2.39. The molecule has 5 heteroatoms. The normalized spacial score (nSPS) is 14.6. The van der Waals surface area contributed by atoms with E-state index in [4.69, 9.17) is 10.1 Å². The number of aliphatic hydroxyl groups excluding tert-OH is 1. The molecule has 4 aromatic rings. The van der Waals surface area contributed by atoms with Crippen molar-refractivity contribution in [3.05, 3.63) is 95.6 Å². The molecule has 0 bridgehead atoms. The molecule has 31 heavy (non-hydrogen) atoms. The van der Waals surface area contributed by atoms with Gasteiger partial charge >= 0.3 is 0 Å². The van der Waals surface area contributed by atoms with Crippen LogP contribution in [0.3, 0.4) is 0 Å². The van der Waals surface area contributed by atoms with Crippen LogP contribution in [0.2, 0.25) is 0 Å². The van der Waals surface area contributed by atoms with Crippen LogP contribution in [-0.4, -0.2) is 27.0 Å². The van der Waals surface area contributed by atoms with Gasteiger partial charge in [-0.3, -0.25) is 5.41 Å². The van der Waals surface area contributed by atoms with Gasteiger partial charge in [0.05, 0.1) is 24.1 Å². The molecule has 0 spiro atoms. The summed E-state index contributed by atoms with van der Waals surface area (Å²) >= 11 is 0.